The molecule has 0 bridgehead atoms. The van der Waals surface area contributed by atoms with E-state index in [1.165, 1.54) is 0 Å². The zero-order valence-electron chi connectivity index (χ0n) is 14.2. The molecule has 23 heavy (non-hydrogen) atoms. The summed E-state index contributed by atoms with van der Waals surface area (Å²) in [7, 11) is 0. The second-order valence-electron chi connectivity index (χ2n) is 7.41. The van der Waals surface area contributed by atoms with E-state index in [0.29, 0.717) is 12.3 Å². The molecule has 2 rings (SSSR count). The van der Waals surface area contributed by atoms with Crippen molar-refractivity contribution in [1.82, 2.24) is 4.90 Å². The molecule has 3 nitrogen and oxygen atoms in total. The first-order valence-electron chi connectivity index (χ1n) is 8.51. The van der Waals surface area contributed by atoms with Crippen LogP contribution in [0.15, 0.2) is 0 Å². The van der Waals surface area contributed by atoms with Crippen LogP contribution >= 0.6 is 0 Å². The van der Waals surface area contributed by atoms with E-state index in [4.69, 9.17) is 10.00 Å². The number of hydrogen-bond acceptors (Lipinski definition) is 3. The van der Waals surface area contributed by atoms with Crippen LogP contribution in [0.25, 0.3) is 0 Å². The third-order valence-electron chi connectivity index (χ3n) is 5.98. The molecule has 1 aliphatic carbocycles. The van der Waals surface area contributed by atoms with Gasteiger partial charge in [-0.05, 0) is 43.9 Å². The molecule has 132 valence electrons. The van der Waals surface area contributed by atoms with Gasteiger partial charge in [-0.3, -0.25) is 4.90 Å². The van der Waals surface area contributed by atoms with E-state index in [2.05, 4.69) is 19.9 Å². The molecule has 1 heterocycles. The van der Waals surface area contributed by atoms with Gasteiger partial charge in [0.25, 0.3) is 0 Å². The van der Waals surface area contributed by atoms with Gasteiger partial charge in [0.1, 0.15) is 0 Å². The minimum atomic E-state index is -4.31. The monoisotopic (exact) mass is 332 g/mol. The van der Waals surface area contributed by atoms with Crippen LogP contribution in [-0.4, -0.2) is 42.4 Å². The van der Waals surface area contributed by atoms with Crippen molar-refractivity contribution in [1.29, 1.82) is 5.26 Å². The lowest BCUT2D eigenvalue weighted by Crippen LogP contribution is -2.72. The minimum Gasteiger partial charge on any atom is -0.363 e. The van der Waals surface area contributed by atoms with Crippen LogP contribution < -0.4 is 0 Å². The molecule has 0 aromatic heterocycles. The van der Waals surface area contributed by atoms with Gasteiger partial charge < -0.3 is 4.74 Å². The van der Waals surface area contributed by atoms with Crippen LogP contribution in [0.3, 0.4) is 0 Å². The second-order valence-corrected chi connectivity index (χ2v) is 7.41. The average molecular weight is 332 g/mol. The third kappa shape index (κ3) is 3.36. The molecule has 1 aliphatic heterocycles. The highest BCUT2D eigenvalue weighted by atomic mass is 19.4. The van der Waals surface area contributed by atoms with Crippen molar-refractivity contribution in [3.05, 3.63) is 0 Å². The summed E-state index contributed by atoms with van der Waals surface area (Å²) in [5.41, 5.74) is -1.93. The van der Waals surface area contributed by atoms with Gasteiger partial charge in [0.05, 0.1) is 6.07 Å². The Morgan fingerprint density at radius 3 is 2.22 bits per heavy atom. The van der Waals surface area contributed by atoms with Gasteiger partial charge in [-0.1, -0.05) is 13.8 Å². The quantitative estimate of drug-likeness (QED) is 0.759. The van der Waals surface area contributed by atoms with E-state index in [1.807, 2.05) is 4.90 Å². The Bertz CT molecular complexity index is 442. The summed E-state index contributed by atoms with van der Waals surface area (Å²) < 4.78 is 44.7. The zero-order valence-corrected chi connectivity index (χ0v) is 14.2. The Hall–Kier alpha value is -0.800. The number of rotatable bonds is 5. The lowest BCUT2D eigenvalue weighted by Gasteiger charge is -2.55. The third-order valence-corrected chi connectivity index (χ3v) is 5.98. The van der Waals surface area contributed by atoms with Crippen LogP contribution in [0.4, 0.5) is 13.2 Å². The standard InChI is InChI=1S/C17H27F3N2O/c1-4-23-16(17(18,19)20)11-22(12-16)14-5-7-15(8-6-14,9-10-21)13(2)3/h13-14H,4-9,11-12H2,1-3H3/t14-,15+. The summed E-state index contributed by atoms with van der Waals surface area (Å²) in [5.74, 6) is 0.428. The fraction of sp³-hybridized carbons (Fsp3) is 0.941. The Kier molecular flexibility index (Phi) is 5.32. The Labute approximate surface area is 136 Å². The van der Waals surface area contributed by atoms with E-state index in [0.717, 1.165) is 25.7 Å². The van der Waals surface area contributed by atoms with Crippen LogP contribution in [0, 0.1) is 22.7 Å². The first kappa shape index (κ1) is 18.5. The number of nitrogens with zero attached hydrogens (tertiary/aromatic N) is 2. The summed E-state index contributed by atoms with van der Waals surface area (Å²) in [6, 6.07) is 2.49. The molecular weight excluding hydrogens is 305 g/mol. The van der Waals surface area contributed by atoms with Crippen LogP contribution in [0.5, 0.6) is 0 Å². The highest BCUT2D eigenvalue weighted by molar-refractivity contribution is 5.06. The van der Waals surface area contributed by atoms with E-state index < -0.39 is 11.8 Å². The molecular formula is C17H27F3N2O. The molecule has 0 radical (unpaired) electrons. The highest BCUT2D eigenvalue weighted by Gasteiger charge is 2.64. The fourth-order valence-corrected chi connectivity index (χ4v) is 4.16. The van der Waals surface area contributed by atoms with Crippen molar-refractivity contribution in [3.8, 4) is 6.07 Å². The topological polar surface area (TPSA) is 36.3 Å². The predicted octanol–water partition coefficient (Wildman–Crippen LogP) is 4.14. The molecule has 0 aromatic carbocycles. The van der Waals surface area contributed by atoms with Crippen molar-refractivity contribution in [2.24, 2.45) is 11.3 Å². The van der Waals surface area contributed by atoms with Crippen molar-refractivity contribution in [2.45, 2.75) is 70.7 Å². The van der Waals surface area contributed by atoms with Crippen molar-refractivity contribution < 1.29 is 17.9 Å². The average Bonchev–Trinajstić information content (AvgIpc) is 2.42. The van der Waals surface area contributed by atoms with Gasteiger partial charge in [0, 0.05) is 32.2 Å². The van der Waals surface area contributed by atoms with Gasteiger partial charge in [-0.15, -0.1) is 0 Å². The molecule has 0 aromatic rings. The first-order chi connectivity index (χ1) is 10.7. The maximum absolute atomic E-state index is 13.2. The van der Waals surface area contributed by atoms with Crippen molar-refractivity contribution in [3.63, 3.8) is 0 Å². The molecule has 0 spiro atoms. The lowest BCUT2D eigenvalue weighted by atomic mass is 9.64. The number of halogens is 3. The van der Waals surface area contributed by atoms with E-state index in [1.54, 1.807) is 6.92 Å². The molecule has 0 atom stereocenters. The SMILES string of the molecule is CCOC1(C(F)(F)F)CN([C@H]2CC[C@@](CC#N)(C(C)C)CC2)C1. The molecule has 0 unspecified atom stereocenters. The van der Waals surface area contributed by atoms with E-state index in [9.17, 15) is 13.2 Å². The molecule has 0 N–H and O–H groups in total. The second kappa shape index (κ2) is 6.60. The van der Waals surface area contributed by atoms with Gasteiger partial charge in [-0.2, -0.15) is 18.4 Å². The fourth-order valence-electron chi connectivity index (χ4n) is 4.16. The van der Waals surface area contributed by atoms with Crippen LogP contribution in [-0.2, 0) is 4.74 Å². The Morgan fingerprint density at radius 2 is 1.83 bits per heavy atom. The summed E-state index contributed by atoms with van der Waals surface area (Å²) in [4.78, 5) is 1.92. The predicted molar refractivity (Wildman–Crippen MR) is 81.7 cm³/mol. The number of ether oxygens (including phenoxy) is 1. The number of nitriles is 1. The highest BCUT2D eigenvalue weighted by Crippen LogP contribution is 2.49. The van der Waals surface area contributed by atoms with Gasteiger partial charge in [-0.25, -0.2) is 0 Å². The summed E-state index contributed by atoms with van der Waals surface area (Å²) in [6.07, 6.45) is -0.167. The summed E-state index contributed by atoms with van der Waals surface area (Å²) in [6.45, 7) is 5.87. The minimum absolute atomic E-state index is 0.0388. The van der Waals surface area contributed by atoms with E-state index >= 15 is 0 Å². The number of alkyl halides is 3. The molecule has 1 saturated heterocycles. The van der Waals surface area contributed by atoms with Crippen molar-refractivity contribution in [2.75, 3.05) is 19.7 Å². The smallest absolute Gasteiger partial charge is 0.363 e. The zero-order chi connectivity index (χ0) is 17.3. The van der Waals surface area contributed by atoms with Crippen molar-refractivity contribution >= 4 is 0 Å². The van der Waals surface area contributed by atoms with Gasteiger partial charge in [0.15, 0.2) is 5.60 Å². The maximum atomic E-state index is 13.2. The van der Waals surface area contributed by atoms with Crippen LogP contribution in [0.1, 0.15) is 52.9 Å². The van der Waals surface area contributed by atoms with Gasteiger partial charge >= 0.3 is 6.18 Å². The Morgan fingerprint density at radius 1 is 1.26 bits per heavy atom. The largest absolute Gasteiger partial charge is 0.419 e. The number of likely N-dealkylation sites (tertiary alicyclic amines) is 1. The Balaban J connectivity index is 1.94. The maximum Gasteiger partial charge on any atom is 0.419 e. The molecule has 6 heteroatoms. The lowest BCUT2D eigenvalue weighted by molar-refractivity contribution is -0.322. The van der Waals surface area contributed by atoms with Gasteiger partial charge in [0.2, 0.25) is 0 Å². The summed E-state index contributed by atoms with van der Waals surface area (Å²) in [5, 5.41) is 9.08. The first-order valence-corrected chi connectivity index (χ1v) is 8.51. The molecule has 2 aliphatic rings. The molecule has 2 fully saturated rings. The number of hydrogen-bond donors (Lipinski definition) is 0. The summed E-state index contributed by atoms with van der Waals surface area (Å²) >= 11 is 0. The molecule has 0 amide bonds. The molecule has 1 saturated carbocycles. The normalized spacial score (nSPS) is 31.7. The van der Waals surface area contributed by atoms with Crippen LogP contribution in [0.2, 0.25) is 0 Å². The van der Waals surface area contributed by atoms with E-state index in [-0.39, 0.29) is 31.2 Å².